The predicted octanol–water partition coefficient (Wildman–Crippen LogP) is 4.77. The number of benzene rings is 3. The van der Waals surface area contributed by atoms with Gasteiger partial charge in [-0.15, -0.1) is 0 Å². The fourth-order valence-corrected chi connectivity index (χ4v) is 11.7. The SMILES string of the molecule is CC1(C)C(/C=C/C=C2/N(CCCS(=O)(=O)O)c3cccc(S(=O)(=O)O)c3C2(C)CCCCCC(=O)O)=[N+](CCCS(=O)(=O)O)c2ccc3c(S(=O)(=O)O)cc(S(=O)(=O)O)cc3c21. The highest BCUT2D eigenvalue weighted by Gasteiger charge is 2.48. The van der Waals surface area contributed by atoms with Crippen LogP contribution in [0.15, 0.2) is 81.1 Å². The van der Waals surface area contributed by atoms with E-state index in [-0.39, 0.29) is 55.1 Å². The number of anilines is 1. The zero-order valence-electron chi connectivity index (χ0n) is 33.7. The van der Waals surface area contributed by atoms with Crippen molar-refractivity contribution in [3.8, 4) is 0 Å². The molecule has 0 saturated carbocycles. The fraction of sp³-hybridized carbons (Fsp3) is 0.421. The Balaban J connectivity index is 1.75. The summed E-state index contributed by atoms with van der Waals surface area (Å²) < 4.78 is 174. The van der Waals surface area contributed by atoms with Crippen molar-refractivity contribution in [3.05, 3.63) is 77.5 Å². The first kappa shape index (κ1) is 48.9. The van der Waals surface area contributed by atoms with E-state index in [1.165, 1.54) is 24.3 Å². The Kier molecular flexibility index (Phi) is 13.8. The van der Waals surface area contributed by atoms with Crippen molar-refractivity contribution in [2.24, 2.45) is 0 Å². The highest BCUT2D eigenvalue weighted by Crippen LogP contribution is 2.53. The van der Waals surface area contributed by atoms with Gasteiger partial charge < -0.3 is 10.0 Å². The number of hydrogen-bond donors (Lipinski definition) is 6. The molecule has 0 saturated heterocycles. The molecule has 6 N–H and O–H groups in total. The molecule has 0 bridgehead atoms. The van der Waals surface area contributed by atoms with E-state index < -0.39 is 93.6 Å². The predicted molar refractivity (Wildman–Crippen MR) is 227 cm³/mol. The Morgan fingerprint density at radius 2 is 1.34 bits per heavy atom. The van der Waals surface area contributed by atoms with Crippen molar-refractivity contribution in [2.45, 2.75) is 91.2 Å². The normalized spacial score (nSPS) is 18.9. The largest absolute Gasteiger partial charge is 0.481 e. The third-order valence-electron chi connectivity index (χ3n) is 11.1. The minimum absolute atomic E-state index is 0.00116. The molecule has 0 amide bonds. The van der Waals surface area contributed by atoms with Crippen LogP contribution in [0.5, 0.6) is 0 Å². The molecular weight excluding hydrogens is 917 g/mol. The summed E-state index contributed by atoms with van der Waals surface area (Å²) in [5.41, 5.74) is -0.424. The van der Waals surface area contributed by atoms with Gasteiger partial charge in [0.05, 0.1) is 21.8 Å². The monoisotopic (exact) mass is 963 g/mol. The number of fused-ring (bicyclic) bond motifs is 4. The zero-order chi connectivity index (χ0) is 46.4. The molecule has 0 fully saturated rings. The number of unbranched alkanes of at least 4 members (excludes halogenated alkanes) is 2. The van der Waals surface area contributed by atoms with Crippen LogP contribution in [-0.2, 0) is 66.2 Å². The molecule has 0 aromatic heterocycles. The summed E-state index contributed by atoms with van der Waals surface area (Å²) in [7, 11) is -23.8. The van der Waals surface area contributed by atoms with Crippen LogP contribution in [0.25, 0.3) is 10.8 Å². The van der Waals surface area contributed by atoms with Crippen LogP contribution in [-0.4, -0.2) is 111 Å². The average molecular weight is 964 g/mol. The number of hydrogen-bond acceptors (Lipinski definition) is 12. The van der Waals surface area contributed by atoms with Crippen molar-refractivity contribution >= 4 is 84.4 Å². The molecule has 24 heteroatoms. The molecule has 0 spiro atoms. The molecule has 19 nitrogen and oxygen atoms in total. The molecule has 2 aliphatic heterocycles. The van der Waals surface area contributed by atoms with E-state index in [9.17, 15) is 74.8 Å². The van der Waals surface area contributed by atoms with Gasteiger partial charge in [-0.1, -0.05) is 25.0 Å². The second-order valence-corrected chi connectivity index (χ2v) is 23.2. The fourth-order valence-electron chi connectivity index (χ4n) is 8.55. The van der Waals surface area contributed by atoms with E-state index in [4.69, 9.17) is 0 Å². The molecule has 0 aliphatic carbocycles. The van der Waals surface area contributed by atoms with E-state index >= 15 is 0 Å². The van der Waals surface area contributed by atoms with Crippen molar-refractivity contribution in [2.75, 3.05) is 29.5 Å². The van der Waals surface area contributed by atoms with E-state index in [0.29, 0.717) is 53.7 Å². The number of carbonyl (C=O) groups is 1. The summed E-state index contributed by atoms with van der Waals surface area (Å²) in [6, 6.07) is 8.64. The Morgan fingerprint density at radius 1 is 0.710 bits per heavy atom. The van der Waals surface area contributed by atoms with E-state index in [1.807, 2.05) is 0 Å². The van der Waals surface area contributed by atoms with Gasteiger partial charge in [0.15, 0.2) is 5.71 Å². The van der Waals surface area contributed by atoms with Crippen molar-refractivity contribution in [1.29, 1.82) is 0 Å². The lowest BCUT2D eigenvalue weighted by Crippen LogP contribution is -2.31. The highest BCUT2D eigenvalue weighted by atomic mass is 32.2. The Labute approximate surface area is 360 Å². The molecule has 2 aliphatic rings. The maximum atomic E-state index is 12.9. The Morgan fingerprint density at radius 3 is 1.92 bits per heavy atom. The number of rotatable bonds is 19. The first-order valence-electron chi connectivity index (χ1n) is 19.0. The molecule has 1 atom stereocenters. The molecule has 0 radical (unpaired) electrons. The van der Waals surface area contributed by atoms with Crippen LogP contribution >= 0.6 is 0 Å². The van der Waals surface area contributed by atoms with Crippen LogP contribution in [0.2, 0.25) is 0 Å². The van der Waals surface area contributed by atoms with Crippen LogP contribution in [0.3, 0.4) is 0 Å². The number of nitrogens with zero attached hydrogens (tertiary/aromatic N) is 2. The minimum atomic E-state index is -5.07. The molecule has 1 unspecified atom stereocenters. The lowest BCUT2D eigenvalue weighted by Gasteiger charge is -2.31. The van der Waals surface area contributed by atoms with Gasteiger partial charge in [-0.25, -0.2) is 0 Å². The summed E-state index contributed by atoms with van der Waals surface area (Å²) in [6.07, 6.45) is 5.75. The van der Waals surface area contributed by atoms with Gasteiger partial charge in [0.25, 0.3) is 50.6 Å². The van der Waals surface area contributed by atoms with Crippen molar-refractivity contribution < 1.29 is 79.3 Å². The maximum absolute atomic E-state index is 12.9. The third kappa shape index (κ3) is 10.6. The molecule has 3 aromatic rings. The number of carboxylic acid groups (broad SMARTS) is 1. The second kappa shape index (κ2) is 17.5. The van der Waals surface area contributed by atoms with E-state index in [1.54, 1.807) is 54.5 Å². The summed E-state index contributed by atoms with van der Waals surface area (Å²) in [5.74, 6) is -2.31. The summed E-state index contributed by atoms with van der Waals surface area (Å²) in [6.45, 7) is 4.97. The zero-order valence-corrected chi connectivity index (χ0v) is 37.7. The topological polar surface area (TPSA) is 315 Å². The molecule has 2 heterocycles. The second-order valence-electron chi connectivity index (χ2n) is 15.8. The van der Waals surface area contributed by atoms with Crippen LogP contribution in [0.4, 0.5) is 11.4 Å². The van der Waals surface area contributed by atoms with Gasteiger partial charge in [0.1, 0.15) is 16.3 Å². The smallest absolute Gasteiger partial charge is 0.303 e. The Hall–Kier alpha value is -4.11. The van der Waals surface area contributed by atoms with E-state index in [2.05, 4.69) is 0 Å². The highest BCUT2D eigenvalue weighted by molar-refractivity contribution is 7.87. The molecule has 340 valence electrons. The first-order chi connectivity index (χ1) is 28.4. The standard InChI is InChI=1S/C38H46N2O17S5/c1-37(2)32(39(19-9-21-58(43,44)45)29-17-16-26-27(35(29)37)23-25(60(49,50)51)24-31(26)62(55,56)57)13-8-14-33-38(3,18-6-4-5-15-34(41)42)36-28(11-7-12-30(36)61(52,53)54)40(33)20-10-22-59(46,47)48/h7-8,11-14,16-17,23-24H,4-6,9-10,15,18-22H2,1-3H3,(H5-,41,42,43,44,45,46,47,48,49,50,51,52,53,54,55,56,57)/p+1. The van der Waals surface area contributed by atoms with Crippen molar-refractivity contribution in [3.63, 3.8) is 0 Å². The summed E-state index contributed by atoms with van der Waals surface area (Å²) in [5, 5.41) is 9.08. The minimum Gasteiger partial charge on any atom is -0.481 e. The molecule has 62 heavy (non-hydrogen) atoms. The van der Waals surface area contributed by atoms with Gasteiger partial charge in [-0.2, -0.15) is 46.7 Å². The third-order valence-corrected chi connectivity index (χ3v) is 15.3. The Bertz CT molecular complexity index is 2990. The van der Waals surface area contributed by atoms with Gasteiger partial charge in [-0.3, -0.25) is 27.6 Å². The quantitative estimate of drug-likeness (QED) is 0.0535. The molecule has 5 rings (SSSR count). The van der Waals surface area contributed by atoms with Crippen LogP contribution in [0.1, 0.15) is 76.8 Å². The lowest BCUT2D eigenvalue weighted by atomic mass is 9.76. The van der Waals surface area contributed by atoms with Crippen LogP contribution < -0.4 is 4.90 Å². The first-order valence-corrected chi connectivity index (χ1v) is 26.5. The lowest BCUT2D eigenvalue weighted by molar-refractivity contribution is -0.437. The van der Waals surface area contributed by atoms with Crippen molar-refractivity contribution in [1.82, 2.24) is 0 Å². The molecular formula is C38H47N2O17S5+. The van der Waals surface area contributed by atoms with Gasteiger partial charge >= 0.3 is 5.97 Å². The van der Waals surface area contributed by atoms with Crippen LogP contribution in [0, 0.1) is 0 Å². The number of carboxylic acids is 1. The van der Waals surface area contributed by atoms with Gasteiger partial charge in [0.2, 0.25) is 5.69 Å². The summed E-state index contributed by atoms with van der Waals surface area (Å²) in [4.78, 5) is 10.8. The van der Waals surface area contributed by atoms with Gasteiger partial charge in [-0.05, 0) is 81.8 Å². The maximum Gasteiger partial charge on any atom is 0.303 e. The number of aliphatic carboxylic acids is 1. The average Bonchev–Trinajstić information content (AvgIpc) is 3.48. The van der Waals surface area contributed by atoms with Gasteiger partial charge in [0, 0.05) is 64.8 Å². The van der Waals surface area contributed by atoms with E-state index in [0.717, 1.165) is 6.07 Å². The molecule has 3 aromatic carbocycles. The summed E-state index contributed by atoms with van der Waals surface area (Å²) >= 11 is 0. The number of allylic oxidation sites excluding steroid dienone is 4.